The van der Waals surface area contributed by atoms with Crippen molar-refractivity contribution in [2.45, 2.75) is 27.2 Å². The van der Waals surface area contributed by atoms with Crippen molar-refractivity contribution in [1.29, 1.82) is 0 Å². The molecule has 0 saturated carbocycles. The zero-order chi connectivity index (χ0) is 9.56. The van der Waals surface area contributed by atoms with Crippen molar-refractivity contribution in [3.05, 3.63) is 23.8 Å². The number of alkyl halides is 2. The van der Waals surface area contributed by atoms with Gasteiger partial charge in [-0.05, 0) is 6.92 Å². The molecule has 0 aliphatic rings. The van der Waals surface area contributed by atoms with E-state index in [0.717, 1.165) is 12.4 Å². The number of aromatic nitrogens is 2. The SMILES string of the molecule is CC.Cc1ncc(C(F)F)cn1. The Morgan fingerprint density at radius 3 is 1.92 bits per heavy atom. The Morgan fingerprint density at radius 2 is 1.58 bits per heavy atom. The molecule has 0 aliphatic carbocycles. The number of hydrogen-bond acceptors (Lipinski definition) is 2. The second kappa shape index (κ2) is 5.57. The third-order valence-electron chi connectivity index (χ3n) is 1.05. The van der Waals surface area contributed by atoms with Gasteiger partial charge >= 0.3 is 0 Å². The Balaban J connectivity index is 0.000000561. The number of aryl methyl sites for hydroxylation is 1. The molecule has 1 heterocycles. The lowest BCUT2D eigenvalue weighted by Crippen LogP contribution is -1.90. The van der Waals surface area contributed by atoms with Crippen LogP contribution in [0.1, 0.15) is 31.7 Å². The van der Waals surface area contributed by atoms with Crippen molar-refractivity contribution in [3.8, 4) is 0 Å². The van der Waals surface area contributed by atoms with Crippen LogP contribution in [0.3, 0.4) is 0 Å². The highest BCUT2D eigenvalue weighted by molar-refractivity contribution is 5.05. The summed E-state index contributed by atoms with van der Waals surface area (Å²) in [7, 11) is 0. The lowest BCUT2D eigenvalue weighted by Gasteiger charge is -1.96. The van der Waals surface area contributed by atoms with Gasteiger partial charge in [-0.1, -0.05) is 13.8 Å². The largest absolute Gasteiger partial charge is 0.266 e. The monoisotopic (exact) mass is 174 g/mol. The molecule has 4 heteroatoms. The molecule has 0 aliphatic heterocycles. The number of nitrogens with zero attached hydrogens (tertiary/aromatic N) is 2. The van der Waals surface area contributed by atoms with Gasteiger partial charge in [0.25, 0.3) is 6.43 Å². The van der Waals surface area contributed by atoms with Crippen LogP contribution in [-0.4, -0.2) is 9.97 Å². The highest BCUT2D eigenvalue weighted by atomic mass is 19.3. The van der Waals surface area contributed by atoms with Gasteiger partial charge in [0.1, 0.15) is 5.82 Å². The molecule has 12 heavy (non-hydrogen) atoms. The Hall–Kier alpha value is -1.06. The van der Waals surface area contributed by atoms with Crippen LogP contribution in [0.5, 0.6) is 0 Å². The van der Waals surface area contributed by atoms with Gasteiger partial charge in [-0.3, -0.25) is 0 Å². The molecule has 0 amide bonds. The molecule has 2 nitrogen and oxygen atoms in total. The number of halogens is 2. The van der Waals surface area contributed by atoms with Crippen LogP contribution >= 0.6 is 0 Å². The predicted molar refractivity (Wildman–Crippen MR) is 43.1 cm³/mol. The third-order valence-corrected chi connectivity index (χ3v) is 1.05. The van der Waals surface area contributed by atoms with Crippen LogP contribution < -0.4 is 0 Å². The zero-order valence-corrected chi connectivity index (χ0v) is 7.38. The van der Waals surface area contributed by atoms with Gasteiger partial charge < -0.3 is 0 Å². The quantitative estimate of drug-likeness (QED) is 0.654. The molecular formula is C8H12F2N2. The van der Waals surface area contributed by atoms with Gasteiger partial charge in [-0.25, -0.2) is 18.7 Å². The van der Waals surface area contributed by atoms with Crippen LogP contribution in [0.25, 0.3) is 0 Å². The van der Waals surface area contributed by atoms with Gasteiger partial charge in [0.15, 0.2) is 0 Å². The zero-order valence-electron chi connectivity index (χ0n) is 7.38. The van der Waals surface area contributed by atoms with Gasteiger partial charge in [-0.2, -0.15) is 0 Å². The standard InChI is InChI=1S/C6H6F2N2.C2H6/c1-4-9-2-5(3-10-4)6(7)8;1-2/h2-3,6H,1H3;1-2H3. The second-order valence-corrected chi connectivity index (χ2v) is 1.86. The molecule has 1 aromatic rings. The maximum atomic E-state index is 11.8. The van der Waals surface area contributed by atoms with Crippen LogP contribution in [0.4, 0.5) is 8.78 Å². The lowest BCUT2D eigenvalue weighted by molar-refractivity contribution is 0.150. The fourth-order valence-corrected chi connectivity index (χ4v) is 0.515. The molecule has 1 aromatic heterocycles. The molecular weight excluding hydrogens is 162 g/mol. The Morgan fingerprint density at radius 1 is 1.17 bits per heavy atom. The molecule has 0 atom stereocenters. The van der Waals surface area contributed by atoms with E-state index in [1.165, 1.54) is 0 Å². The minimum atomic E-state index is -2.47. The van der Waals surface area contributed by atoms with E-state index in [1.807, 2.05) is 13.8 Å². The summed E-state index contributed by atoms with van der Waals surface area (Å²) < 4.78 is 23.6. The van der Waals surface area contributed by atoms with Crippen molar-refractivity contribution >= 4 is 0 Å². The molecule has 0 bridgehead atoms. The average Bonchev–Trinajstić information content (AvgIpc) is 2.09. The molecule has 1 rings (SSSR count). The van der Waals surface area contributed by atoms with E-state index in [4.69, 9.17) is 0 Å². The molecule has 0 unspecified atom stereocenters. The van der Waals surface area contributed by atoms with Crippen molar-refractivity contribution < 1.29 is 8.78 Å². The average molecular weight is 174 g/mol. The van der Waals surface area contributed by atoms with E-state index in [1.54, 1.807) is 6.92 Å². The maximum Gasteiger partial charge on any atom is 0.266 e. The first-order valence-electron chi connectivity index (χ1n) is 3.77. The van der Waals surface area contributed by atoms with E-state index < -0.39 is 6.43 Å². The van der Waals surface area contributed by atoms with Crippen molar-refractivity contribution in [3.63, 3.8) is 0 Å². The molecule has 68 valence electrons. The highest BCUT2D eigenvalue weighted by Crippen LogP contribution is 2.15. The molecule has 0 radical (unpaired) electrons. The first-order valence-corrected chi connectivity index (χ1v) is 3.77. The highest BCUT2D eigenvalue weighted by Gasteiger charge is 2.05. The molecule has 0 saturated heterocycles. The van der Waals surface area contributed by atoms with E-state index in [0.29, 0.717) is 5.82 Å². The van der Waals surface area contributed by atoms with Crippen LogP contribution in [-0.2, 0) is 0 Å². The van der Waals surface area contributed by atoms with Gasteiger partial charge in [0, 0.05) is 12.4 Å². The van der Waals surface area contributed by atoms with Crippen LogP contribution in [0.15, 0.2) is 12.4 Å². The summed E-state index contributed by atoms with van der Waals surface area (Å²) in [6, 6.07) is 0. The summed E-state index contributed by atoms with van der Waals surface area (Å²) >= 11 is 0. The van der Waals surface area contributed by atoms with Crippen LogP contribution in [0.2, 0.25) is 0 Å². The van der Waals surface area contributed by atoms with Crippen molar-refractivity contribution in [2.75, 3.05) is 0 Å². The minimum absolute atomic E-state index is 0.134. The lowest BCUT2D eigenvalue weighted by atomic mass is 10.4. The normalized spacial score (nSPS) is 9.17. The number of hydrogen-bond donors (Lipinski definition) is 0. The molecule has 0 N–H and O–H groups in total. The Labute approximate surface area is 70.7 Å². The fourth-order valence-electron chi connectivity index (χ4n) is 0.515. The fraction of sp³-hybridized carbons (Fsp3) is 0.500. The van der Waals surface area contributed by atoms with E-state index in [9.17, 15) is 8.78 Å². The van der Waals surface area contributed by atoms with Gasteiger partial charge in [0.05, 0.1) is 5.56 Å². The molecule has 0 aromatic carbocycles. The van der Waals surface area contributed by atoms with Crippen molar-refractivity contribution in [1.82, 2.24) is 9.97 Å². The van der Waals surface area contributed by atoms with E-state index >= 15 is 0 Å². The summed E-state index contributed by atoms with van der Waals surface area (Å²) in [4.78, 5) is 7.22. The molecule has 0 spiro atoms. The first kappa shape index (κ1) is 10.9. The summed E-state index contributed by atoms with van der Waals surface area (Å²) in [6.07, 6.45) is -0.208. The predicted octanol–water partition coefficient (Wildman–Crippen LogP) is 2.75. The van der Waals surface area contributed by atoms with Crippen LogP contribution in [0, 0.1) is 6.92 Å². The summed E-state index contributed by atoms with van der Waals surface area (Å²) in [6.45, 7) is 5.65. The summed E-state index contributed by atoms with van der Waals surface area (Å²) in [5.41, 5.74) is -0.134. The minimum Gasteiger partial charge on any atom is -0.241 e. The maximum absolute atomic E-state index is 11.8. The number of rotatable bonds is 1. The second-order valence-electron chi connectivity index (χ2n) is 1.86. The third kappa shape index (κ3) is 3.37. The Bertz CT molecular complexity index is 209. The Kier molecular flexibility index (Phi) is 5.08. The van der Waals surface area contributed by atoms with E-state index in [-0.39, 0.29) is 5.56 Å². The van der Waals surface area contributed by atoms with Gasteiger partial charge in [-0.15, -0.1) is 0 Å². The molecule has 0 fully saturated rings. The smallest absolute Gasteiger partial charge is 0.241 e. The van der Waals surface area contributed by atoms with E-state index in [2.05, 4.69) is 9.97 Å². The first-order chi connectivity index (χ1) is 5.70. The topological polar surface area (TPSA) is 25.8 Å². The van der Waals surface area contributed by atoms with Crippen molar-refractivity contribution in [2.24, 2.45) is 0 Å². The summed E-state index contributed by atoms with van der Waals surface area (Å²) in [5.74, 6) is 0.504. The summed E-state index contributed by atoms with van der Waals surface area (Å²) in [5, 5.41) is 0. The van der Waals surface area contributed by atoms with Gasteiger partial charge in [0.2, 0.25) is 0 Å².